The first-order valence-electron chi connectivity index (χ1n) is 8.48. The lowest BCUT2D eigenvalue weighted by Crippen LogP contribution is -2.42. The molecule has 1 atom stereocenters. The average Bonchev–Trinajstić information content (AvgIpc) is 2.61. The largest absolute Gasteiger partial charge is 0.383 e. The number of hydrogen-bond acceptors (Lipinski definition) is 5. The van der Waals surface area contributed by atoms with E-state index in [0.29, 0.717) is 31.2 Å². The van der Waals surface area contributed by atoms with E-state index in [0.717, 1.165) is 12.8 Å². The van der Waals surface area contributed by atoms with Crippen molar-refractivity contribution in [2.75, 3.05) is 33.4 Å². The molecule has 1 saturated heterocycles. The number of piperidine rings is 1. The second-order valence-electron chi connectivity index (χ2n) is 6.40. The summed E-state index contributed by atoms with van der Waals surface area (Å²) in [7, 11) is -2.08. The van der Waals surface area contributed by atoms with Crippen molar-refractivity contribution in [3.05, 3.63) is 29.8 Å². The van der Waals surface area contributed by atoms with Gasteiger partial charge in [0.15, 0.2) is 0 Å². The van der Waals surface area contributed by atoms with E-state index in [-0.39, 0.29) is 35.8 Å². The van der Waals surface area contributed by atoms with Crippen LogP contribution in [0.25, 0.3) is 0 Å². The highest BCUT2D eigenvalue weighted by atomic mass is 35.5. The maximum atomic E-state index is 12.6. The molecule has 9 heteroatoms. The summed E-state index contributed by atoms with van der Waals surface area (Å²) < 4.78 is 31.5. The summed E-state index contributed by atoms with van der Waals surface area (Å²) >= 11 is 0. The molecule has 0 radical (unpaired) electrons. The molecule has 0 bridgehead atoms. The van der Waals surface area contributed by atoms with Crippen molar-refractivity contribution in [3.63, 3.8) is 0 Å². The van der Waals surface area contributed by atoms with Gasteiger partial charge in [0.25, 0.3) is 5.91 Å². The predicted molar refractivity (Wildman–Crippen MR) is 103 cm³/mol. The number of hydrogen-bond donors (Lipinski definition) is 2. The minimum Gasteiger partial charge on any atom is -0.383 e. The molecule has 1 amide bonds. The zero-order chi connectivity index (χ0) is 18.4. The Morgan fingerprint density at radius 2 is 1.88 bits per heavy atom. The fourth-order valence-electron chi connectivity index (χ4n) is 2.95. The normalized spacial score (nSPS) is 16.8. The number of carbonyl (C=O) groups is 1. The van der Waals surface area contributed by atoms with E-state index in [1.807, 2.05) is 6.92 Å². The fraction of sp³-hybridized carbons (Fsp3) is 0.588. The molecular weight excluding hydrogens is 378 g/mol. The van der Waals surface area contributed by atoms with Gasteiger partial charge in [0.2, 0.25) is 10.0 Å². The molecule has 1 aromatic rings. The third-order valence-corrected chi connectivity index (χ3v) is 6.06. The van der Waals surface area contributed by atoms with Gasteiger partial charge in [-0.3, -0.25) is 4.79 Å². The molecule has 1 aromatic carbocycles. The minimum absolute atomic E-state index is 0. The molecule has 1 aliphatic rings. The van der Waals surface area contributed by atoms with Gasteiger partial charge in [-0.25, -0.2) is 13.1 Å². The van der Waals surface area contributed by atoms with E-state index in [1.165, 1.54) is 19.2 Å². The number of nitrogens with two attached hydrogens (primary N) is 1. The fourth-order valence-corrected chi connectivity index (χ4v) is 3.96. The second kappa shape index (κ2) is 10.2. The van der Waals surface area contributed by atoms with E-state index in [2.05, 4.69) is 4.72 Å². The summed E-state index contributed by atoms with van der Waals surface area (Å²) in [5.74, 6) is 0.383. The van der Waals surface area contributed by atoms with Gasteiger partial charge < -0.3 is 15.4 Å². The Labute approximate surface area is 161 Å². The van der Waals surface area contributed by atoms with Crippen LogP contribution in [0.4, 0.5) is 0 Å². The van der Waals surface area contributed by atoms with Crippen molar-refractivity contribution < 1.29 is 17.9 Å². The van der Waals surface area contributed by atoms with E-state index in [1.54, 1.807) is 17.0 Å². The van der Waals surface area contributed by atoms with Crippen LogP contribution in [0.3, 0.4) is 0 Å². The van der Waals surface area contributed by atoms with Gasteiger partial charge in [-0.15, -0.1) is 12.4 Å². The van der Waals surface area contributed by atoms with E-state index in [4.69, 9.17) is 10.5 Å². The second-order valence-corrected chi connectivity index (χ2v) is 8.17. The van der Waals surface area contributed by atoms with E-state index < -0.39 is 10.0 Å². The SMILES string of the molecule is COCCNS(=O)(=O)c1ccc(C(=O)N2CCC(C(C)N)CC2)cc1.Cl. The molecule has 1 aliphatic heterocycles. The summed E-state index contributed by atoms with van der Waals surface area (Å²) in [5.41, 5.74) is 6.42. The zero-order valence-corrected chi connectivity index (χ0v) is 16.8. The highest BCUT2D eigenvalue weighted by molar-refractivity contribution is 7.89. The number of benzene rings is 1. The number of ether oxygens (including phenoxy) is 1. The summed E-state index contributed by atoms with van der Waals surface area (Å²) in [6.45, 7) is 3.87. The number of amides is 1. The number of nitrogens with one attached hydrogen (secondary N) is 1. The number of rotatable bonds is 7. The zero-order valence-electron chi connectivity index (χ0n) is 15.2. The number of methoxy groups -OCH3 is 1. The Morgan fingerprint density at radius 3 is 2.38 bits per heavy atom. The molecule has 0 aromatic heterocycles. The van der Waals surface area contributed by atoms with Crippen LogP contribution in [0.2, 0.25) is 0 Å². The first-order valence-corrected chi connectivity index (χ1v) is 9.97. The first-order chi connectivity index (χ1) is 11.8. The third-order valence-electron chi connectivity index (χ3n) is 4.58. The number of sulfonamides is 1. The Bertz CT molecular complexity index is 672. The van der Waals surface area contributed by atoms with Crippen LogP contribution in [0.5, 0.6) is 0 Å². The summed E-state index contributed by atoms with van der Waals surface area (Å²) in [4.78, 5) is 14.5. The lowest BCUT2D eigenvalue weighted by Gasteiger charge is -2.33. The molecule has 2 rings (SSSR count). The van der Waals surface area contributed by atoms with Gasteiger partial charge in [-0.1, -0.05) is 0 Å². The Hall–Kier alpha value is -1.19. The highest BCUT2D eigenvalue weighted by Gasteiger charge is 2.25. The monoisotopic (exact) mass is 405 g/mol. The van der Waals surface area contributed by atoms with Crippen LogP contribution < -0.4 is 10.5 Å². The van der Waals surface area contributed by atoms with Gasteiger partial charge in [0, 0.05) is 38.3 Å². The van der Waals surface area contributed by atoms with Crippen LogP contribution in [0.15, 0.2) is 29.2 Å². The molecule has 0 saturated carbocycles. The highest BCUT2D eigenvalue weighted by Crippen LogP contribution is 2.21. The van der Waals surface area contributed by atoms with Crippen molar-refractivity contribution in [1.82, 2.24) is 9.62 Å². The summed E-state index contributed by atoms with van der Waals surface area (Å²) in [6, 6.07) is 6.18. The van der Waals surface area contributed by atoms with Gasteiger partial charge in [-0.2, -0.15) is 0 Å². The van der Waals surface area contributed by atoms with Crippen LogP contribution in [0.1, 0.15) is 30.1 Å². The standard InChI is InChI=1S/C17H27N3O4S.ClH/c1-13(18)14-7-10-20(11-8-14)17(21)15-3-5-16(6-4-15)25(22,23)19-9-12-24-2;/h3-6,13-14,19H,7-12,18H2,1-2H3;1H. The predicted octanol–water partition coefficient (Wildman–Crippen LogP) is 1.23. The lowest BCUT2D eigenvalue weighted by atomic mass is 9.90. The molecule has 3 N–H and O–H groups in total. The van der Waals surface area contributed by atoms with Crippen molar-refractivity contribution in [3.8, 4) is 0 Å². The number of likely N-dealkylation sites (tertiary alicyclic amines) is 1. The molecule has 0 aliphatic carbocycles. The van der Waals surface area contributed by atoms with Crippen molar-refractivity contribution in [1.29, 1.82) is 0 Å². The topological polar surface area (TPSA) is 102 Å². The molecule has 1 heterocycles. The van der Waals surface area contributed by atoms with Crippen LogP contribution >= 0.6 is 12.4 Å². The Morgan fingerprint density at radius 1 is 1.31 bits per heavy atom. The van der Waals surface area contributed by atoms with E-state index >= 15 is 0 Å². The number of carbonyl (C=O) groups excluding carboxylic acids is 1. The van der Waals surface area contributed by atoms with E-state index in [9.17, 15) is 13.2 Å². The van der Waals surface area contributed by atoms with Crippen molar-refractivity contribution in [2.45, 2.75) is 30.7 Å². The molecule has 1 unspecified atom stereocenters. The Kier molecular flexibility index (Phi) is 8.99. The van der Waals surface area contributed by atoms with Crippen molar-refractivity contribution >= 4 is 28.3 Å². The third kappa shape index (κ3) is 5.92. The number of halogens is 1. The molecule has 0 spiro atoms. The molecule has 148 valence electrons. The molecular formula is C17H28ClN3O4S. The molecule has 26 heavy (non-hydrogen) atoms. The quantitative estimate of drug-likeness (QED) is 0.664. The van der Waals surface area contributed by atoms with Gasteiger partial charge >= 0.3 is 0 Å². The minimum atomic E-state index is -3.59. The van der Waals surface area contributed by atoms with Gasteiger partial charge in [-0.05, 0) is 49.9 Å². The maximum absolute atomic E-state index is 12.6. The lowest BCUT2D eigenvalue weighted by molar-refractivity contribution is 0.0681. The average molecular weight is 406 g/mol. The van der Waals surface area contributed by atoms with Crippen LogP contribution in [0, 0.1) is 5.92 Å². The molecule has 1 fully saturated rings. The summed E-state index contributed by atoms with van der Waals surface area (Å²) in [5, 5.41) is 0. The van der Waals surface area contributed by atoms with Gasteiger partial charge in [0.05, 0.1) is 11.5 Å². The van der Waals surface area contributed by atoms with Crippen molar-refractivity contribution in [2.24, 2.45) is 11.7 Å². The first kappa shape index (κ1) is 22.9. The van der Waals surface area contributed by atoms with Crippen LogP contribution in [-0.4, -0.2) is 58.6 Å². The van der Waals surface area contributed by atoms with Crippen LogP contribution in [-0.2, 0) is 14.8 Å². The molecule has 7 nitrogen and oxygen atoms in total. The Balaban J connectivity index is 0.00000338. The maximum Gasteiger partial charge on any atom is 0.253 e. The number of nitrogens with zero attached hydrogens (tertiary/aromatic N) is 1. The summed E-state index contributed by atoms with van der Waals surface area (Å²) in [6.07, 6.45) is 1.80. The van der Waals surface area contributed by atoms with Gasteiger partial charge in [0.1, 0.15) is 0 Å². The smallest absolute Gasteiger partial charge is 0.253 e.